The number of aromatic nitrogens is 2. The third kappa shape index (κ3) is 3.75. The summed E-state index contributed by atoms with van der Waals surface area (Å²) in [5.41, 5.74) is 1.53. The average molecular weight is 392 g/mol. The van der Waals surface area contributed by atoms with Gasteiger partial charge in [-0.1, -0.05) is 12.1 Å². The van der Waals surface area contributed by atoms with Gasteiger partial charge in [0.2, 0.25) is 0 Å². The minimum atomic E-state index is -0.669. The second kappa shape index (κ2) is 7.63. The molecule has 0 atom stereocenters. The second-order valence-corrected chi connectivity index (χ2v) is 6.25. The highest BCUT2D eigenvalue weighted by atomic mass is 19.1. The summed E-state index contributed by atoms with van der Waals surface area (Å²) >= 11 is 0. The number of para-hydroxylation sites is 2. The van der Waals surface area contributed by atoms with Crippen molar-refractivity contribution < 1.29 is 23.1 Å². The highest BCUT2D eigenvalue weighted by molar-refractivity contribution is 6.01. The Balaban J connectivity index is 1.66. The molecule has 0 unspecified atom stereocenters. The summed E-state index contributed by atoms with van der Waals surface area (Å²) < 4.78 is 32.8. The van der Waals surface area contributed by atoms with Crippen LogP contribution in [-0.2, 0) is 11.3 Å². The molecule has 0 aliphatic rings. The highest BCUT2D eigenvalue weighted by Gasteiger charge is 2.20. The van der Waals surface area contributed by atoms with Crippen LogP contribution >= 0.6 is 0 Å². The van der Waals surface area contributed by atoms with Gasteiger partial charge < -0.3 is 4.74 Å². The zero-order chi connectivity index (χ0) is 20.4. The number of ether oxygens (including phenoxy) is 1. The van der Waals surface area contributed by atoms with Crippen molar-refractivity contribution in [2.24, 2.45) is 0 Å². The third-order valence-corrected chi connectivity index (χ3v) is 4.34. The molecule has 0 saturated carbocycles. The van der Waals surface area contributed by atoms with Crippen LogP contribution in [0.5, 0.6) is 0 Å². The molecule has 144 valence electrons. The first-order valence-corrected chi connectivity index (χ1v) is 8.72. The molecular weight excluding hydrogens is 378 g/mol. The van der Waals surface area contributed by atoms with Gasteiger partial charge in [-0.15, -0.1) is 0 Å². The molecule has 0 saturated heterocycles. The van der Waals surface area contributed by atoms with Crippen LogP contribution in [0.15, 0.2) is 72.8 Å². The first-order valence-electron chi connectivity index (χ1n) is 8.72. The lowest BCUT2D eigenvalue weighted by Gasteiger charge is -2.09. The van der Waals surface area contributed by atoms with Crippen molar-refractivity contribution in [3.8, 4) is 0 Å². The van der Waals surface area contributed by atoms with Gasteiger partial charge in [-0.05, 0) is 60.7 Å². The molecule has 5 nitrogen and oxygen atoms in total. The molecule has 0 fully saturated rings. The van der Waals surface area contributed by atoms with Crippen LogP contribution in [-0.4, -0.2) is 21.4 Å². The minimum Gasteiger partial charge on any atom is -0.454 e. The zero-order valence-corrected chi connectivity index (χ0v) is 15.0. The number of hydrogen-bond acceptors (Lipinski definition) is 4. The van der Waals surface area contributed by atoms with Crippen molar-refractivity contribution >= 4 is 22.9 Å². The number of fused-ring (bicyclic) bond motifs is 1. The van der Waals surface area contributed by atoms with E-state index < -0.39 is 23.5 Å². The van der Waals surface area contributed by atoms with E-state index in [1.54, 1.807) is 24.3 Å². The Morgan fingerprint density at radius 3 is 2.07 bits per heavy atom. The van der Waals surface area contributed by atoms with Crippen LogP contribution in [0.3, 0.4) is 0 Å². The number of hydrogen-bond donors (Lipinski definition) is 0. The van der Waals surface area contributed by atoms with Gasteiger partial charge in [-0.25, -0.2) is 18.6 Å². The topological polar surface area (TPSA) is 61.2 Å². The number of halogens is 2. The molecule has 0 amide bonds. The number of esters is 1. The van der Waals surface area contributed by atoms with Crippen molar-refractivity contribution in [3.63, 3.8) is 0 Å². The van der Waals surface area contributed by atoms with E-state index in [1.165, 1.54) is 41.0 Å². The Morgan fingerprint density at radius 2 is 1.41 bits per heavy atom. The van der Waals surface area contributed by atoms with Crippen molar-refractivity contribution in [2.45, 2.75) is 6.61 Å². The Bertz CT molecular complexity index is 1200. The molecular formula is C22H14F2N2O3. The Labute approximate surface area is 164 Å². The standard InChI is InChI=1S/C22H14F2N2O3/c23-16-9-5-14(6-10-16)21(27)26-19-4-2-1-3-18(19)25-20(26)13-29-22(28)15-7-11-17(24)12-8-15/h1-12H,13H2. The van der Waals surface area contributed by atoms with Gasteiger partial charge in [0.25, 0.3) is 5.91 Å². The number of rotatable bonds is 4. The lowest BCUT2D eigenvalue weighted by atomic mass is 10.2. The van der Waals surface area contributed by atoms with Crippen LogP contribution in [0, 0.1) is 11.6 Å². The molecule has 29 heavy (non-hydrogen) atoms. The summed E-state index contributed by atoms with van der Waals surface area (Å²) in [6.45, 7) is -0.266. The maximum Gasteiger partial charge on any atom is 0.338 e. The lowest BCUT2D eigenvalue weighted by Crippen LogP contribution is -2.17. The number of imidazole rings is 1. The first kappa shape index (κ1) is 18.5. The van der Waals surface area contributed by atoms with Crippen LogP contribution < -0.4 is 0 Å². The van der Waals surface area contributed by atoms with Crippen LogP contribution in [0.4, 0.5) is 8.78 Å². The molecule has 4 rings (SSSR count). The van der Waals surface area contributed by atoms with Gasteiger partial charge in [-0.3, -0.25) is 9.36 Å². The summed E-state index contributed by atoms with van der Waals surface area (Å²) in [5, 5.41) is 0. The second-order valence-electron chi connectivity index (χ2n) is 6.25. The van der Waals surface area contributed by atoms with E-state index in [0.717, 1.165) is 12.1 Å². The normalized spacial score (nSPS) is 10.8. The predicted molar refractivity (Wildman–Crippen MR) is 101 cm³/mol. The molecule has 1 heterocycles. The van der Waals surface area contributed by atoms with Crippen molar-refractivity contribution in [1.29, 1.82) is 0 Å². The monoisotopic (exact) mass is 392 g/mol. The van der Waals surface area contributed by atoms with E-state index >= 15 is 0 Å². The van der Waals surface area contributed by atoms with E-state index in [2.05, 4.69) is 4.98 Å². The maximum absolute atomic E-state index is 13.2. The summed E-state index contributed by atoms with van der Waals surface area (Å²) in [5.74, 6) is -1.79. The number of carbonyl (C=O) groups is 2. The molecule has 7 heteroatoms. The van der Waals surface area contributed by atoms with Gasteiger partial charge in [0.1, 0.15) is 18.2 Å². The smallest absolute Gasteiger partial charge is 0.338 e. The molecule has 1 aromatic heterocycles. The Morgan fingerprint density at radius 1 is 0.828 bits per heavy atom. The predicted octanol–water partition coefficient (Wildman–Crippen LogP) is 4.36. The van der Waals surface area contributed by atoms with Crippen molar-refractivity contribution in [2.75, 3.05) is 0 Å². The Kier molecular flexibility index (Phi) is 4.87. The molecule has 3 aromatic carbocycles. The number of nitrogens with zero attached hydrogens (tertiary/aromatic N) is 2. The minimum absolute atomic E-state index is 0.180. The van der Waals surface area contributed by atoms with E-state index in [9.17, 15) is 18.4 Å². The van der Waals surface area contributed by atoms with Crippen molar-refractivity contribution in [1.82, 2.24) is 9.55 Å². The van der Waals surface area contributed by atoms with Gasteiger partial charge in [0.05, 0.1) is 16.6 Å². The molecule has 4 aromatic rings. The largest absolute Gasteiger partial charge is 0.454 e. The van der Waals surface area contributed by atoms with E-state index in [4.69, 9.17) is 4.74 Å². The van der Waals surface area contributed by atoms with Crippen LogP contribution in [0.2, 0.25) is 0 Å². The fourth-order valence-corrected chi connectivity index (χ4v) is 2.92. The highest BCUT2D eigenvalue weighted by Crippen LogP contribution is 2.19. The summed E-state index contributed by atoms with van der Waals surface area (Å²) in [7, 11) is 0. The molecule has 0 aliphatic carbocycles. The molecule has 0 radical (unpaired) electrons. The SMILES string of the molecule is O=C(OCc1nc2ccccc2n1C(=O)c1ccc(F)cc1)c1ccc(F)cc1. The van der Waals surface area contributed by atoms with Crippen LogP contribution in [0.25, 0.3) is 11.0 Å². The van der Waals surface area contributed by atoms with E-state index in [-0.39, 0.29) is 23.6 Å². The molecule has 0 spiro atoms. The summed E-state index contributed by atoms with van der Waals surface area (Å²) in [4.78, 5) is 29.6. The average Bonchev–Trinajstić information content (AvgIpc) is 3.11. The fraction of sp³-hybridized carbons (Fsp3) is 0.0455. The lowest BCUT2D eigenvalue weighted by molar-refractivity contribution is 0.0456. The van der Waals surface area contributed by atoms with Gasteiger partial charge in [0.15, 0.2) is 5.82 Å². The van der Waals surface area contributed by atoms with E-state index in [1.807, 2.05) is 0 Å². The quantitative estimate of drug-likeness (QED) is 0.484. The Hall–Kier alpha value is -3.87. The van der Waals surface area contributed by atoms with Gasteiger partial charge >= 0.3 is 5.97 Å². The summed E-state index contributed by atoms with van der Waals surface area (Å²) in [6, 6.07) is 17.1. The summed E-state index contributed by atoms with van der Waals surface area (Å²) in [6.07, 6.45) is 0. The molecule has 0 aliphatic heterocycles. The molecule has 0 bridgehead atoms. The zero-order valence-electron chi connectivity index (χ0n) is 15.0. The maximum atomic E-state index is 13.2. The number of carbonyl (C=O) groups excluding carboxylic acids is 2. The molecule has 0 N–H and O–H groups in total. The van der Waals surface area contributed by atoms with Crippen molar-refractivity contribution in [3.05, 3.63) is 101 Å². The van der Waals surface area contributed by atoms with Gasteiger partial charge in [-0.2, -0.15) is 0 Å². The number of benzene rings is 3. The van der Waals surface area contributed by atoms with E-state index in [0.29, 0.717) is 11.0 Å². The third-order valence-electron chi connectivity index (χ3n) is 4.34. The fourth-order valence-electron chi connectivity index (χ4n) is 2.92. The van der Waals surface area contributed by atoms with Crippen LogP contribution in [0.1, 0.15) is 26.5 Å². The van der Waals surface area contributed by atoms with Gasteiger partial charge in [0, 0.05) is 5.56 Å². The first-order chi connectivity index (χ1) is 14.0.